The van der Waals surface area contributed by atoms with Gasteiger partial charge in [-0.1, -0.05) is 6.92 Å². The fraction of sp³-hybridized carbons (Fsp3) is 0.120. The van der Waals surface area contributed by atoms with Crippen LogP contribution in [0.1, 0.15) is 29.3 Å². The van der Waals surface area contributed by atoms with Crippen LogP contribution in [0, 0.1) is 5.82 Å². The minimum absolute atomic E-state index is 0.274. The number of rotatable bonds is 8. The molecule has 3 rings (SSSR count). The van der Waals surface area contributed by atoms with Gasteiger partial charge in [-0.25, -0.2) is 14.6 Å². The third-order valence-corrected chi connectivity index (χ3v) is 4.34. The second-order valence-corrected chi connectivity index (χ2v) is 6.99. The van der Waals surface area contributed by atoms with Crippen LogP contribution in [0.15, 0.2) is 77.9 Å². The number of halogens is 1. The maximum Gasteiger partial charge on any atom is 0.343 e. The molecule has 0 aliphatic heterocycles. The van der Waals surface area contributed by atoms with Crippen molar-refractivity contribution in [3.05, 3.63) is 89.7 Å². The third-order valence-electron chi connectivity index (χ3n) is 4.34. The van der Waals surface area contributed by atoms with E-state index in [1.165, 1.54) is 18.3 Å². The maximum atomic E-state index is 12.9. The number of hydrazone groups is 1. The summed E-state index contributed by atoms with van der Waals surface area (Å²) >= 11 is 0. The first-order valence-corrected chi connectivity index (χ1v) is 10.4. The van der Waals surface area contributed by atoms with E-state index in [1.807, 2.05) is 6.92 Å². The number of esters is 1. The number of anilines is 1. The first-order valence-electron chi connectivity index (χ1n) is 10.4. The molecule has 8 nitrogen and oxygen atoms in total. The molecular weight excluding hydrogens is 441 g/mol. The molecule has 0 saturated heterocycles. The molecule has 34 heavy (non-hydrogen) atoms. The number of hydrogen-bond acceptors (Lipinski definition) is 6. The van der Waals surface area contributed by atoms with Crippen LogP contribution in [0.2, 0.25) is 0 Å². The highest BCUT2D eigenvalue weighted by molar-refractivity contribution is 6.39. The molecule has 0 saturated carbocycles. The first-order chi connectivity index (χ1) is 16.4. The molecule has 0 spiro atoms. The number of nitrogens with one attached hydrogen (secondary N) is 2. The Kier molecular flexibility index (Phi) is 8.45. The summed E-state index contributed by atoms with van der Waals surface area (Å²) < 4.78 is 23.7. The van der Waals surface area contributed by atoms with E-state index < -0.39 is 23.6 Å². The minimum Gasteiger partial charge on any atom is -0.494 e. The van der Waals surface area contributed by atoms with Gasteiger partial charge in [-0.3, -0.25) is 9.59 Å². The molecule has 3 aromatic rings. The van der Waals surface area contributed by atoms with Crippen molar-refractivity contribution in [2.45, 2.75) is 13.3 Å². The van der Waals surface area contributed by atoms with Gasteiger partial charge in [-0.2, -0.15) is 5.10 Å². The van der Waals surface area contributed by atoms with E-state index in [1.54, 1.807) is 48.5 Å². The lowest BCUT2D eigenvalue weighted by Crippen LogP contribution is -2.32. The van der Waals surface area contributed by atoms with Gasteiger partial charge < -0.3 is 14.8 Å². The zero-order valence-electron chi connectivity index (χ0n) is 18.3. The van der Waals surface area contributed by atoms with Crippen molar-refractivity contribution in [3.63, 3.8) is 0 Å². The number of carbonyl (C=O) groups excluding carboxylic acids is 3. The molecule has 0 unspecified atom stereocenters. The molecule has 174 valence electrons. The number of nitrogens with zero attached hydrogens (tertiary/aromatic N) is 1. The van der Waals surface area contributed by atoms with Crippen LogP contribution in [-0.2, 0) is 9.59 Å². The average molecular weight is 463 g/mol. The van der Waals surface area contributed by atoms with Crippen molar-refractivity contribution in [2.75, 3.05) is 11.9 Å². The Morgan fingerprint density at radius 3 is 2.18 bits per heavy atom. The zero-order chi connectivity index (χ0) is 24.3. The number of hydrogen-bond donors (Lipinski definition) is 2. The van der Waals surface area contributed by atoms with E-state index in [0.29, 0.717) is 29.2 Å². The Bertz CT molecular complexity index is 1160. The van der Waals surface area contributed by atoms with E-state index >= 15 is 0 Å². The standard InChI is InChI=1S/C25H22FN3O5/c1-2-15-33-21-13-5-18(6-14-21)25(32)34-22-11-3-17(4-12-22)16-27-29-24(31)23(30)28-20-9-7-19(26)8-10-20/h3-14,16H,2,15H2,1H3,(H,28,30)(H,29,31)/b27-16+. The summed E-state index contributed by atoms with van der Waals surface area (Å²) in [6.45, 7) is 2.61. The van der Waals surface area contributed by atoms with Gasteiger partial charge in [0.1, 0.15) is 17.3 Å². The Morgan fingerprint density at radius 2 is 1.53 bits per heavy atom. The van der Waals surface area contributed by atoms with Gasteiger partial charge in [0.05, 0.1) is 18.4 Å². The molecule has 0 atom stereocenters. The highest BCUT2D eigenvalue weighted by Gasteiger charge is 2.13. The average Bonchev–Trinajstić information content (AvgIpc) is 2.85. The summed E-state index contributed by atoms with van der Waals surface area (Å²) in [5, 5.41) is 6.04. The summed E-state index contributed by atoms with van der Waals surface area (Å²) in [7, 11) is 0. The van der Waals surface area contributed by atoms with E-state index in [0.717, 1.165) is 18.6 Å². The number of carbonyl (C=O) groups is 3. The summed E-state index contributed by atoms with van der Waals surface area (Å²) in [5.74, 6) is -1.89. The number of ether oxygens (including phenoxy) is 2. The van der Waals surface area contributed by atoms with Gasteiger partial charge in [0.25, 0.3) is 0 Å². The zero-order valence-corrected chi connectivity index (χ0v) is 18.3. The van der Waals surface area contributed by atoms with Crippen LogP contribution in [-0.4, -0.2) is 30.6 Å². The van der Waals surface area contributed by atoms with Crippen molar-refractivity contribution in [1.82, 2.24) is 5.43 Å². The predicted molar refractivity (Wildman–Crippen MR) is 124 cm³/mol. The van der Waals surface area contributed by atoms with Gasteiger partial charge in [0.15, 0.2) is 0 Å². The Morgan fingerprint density at radius 1 is 0.882 bits per heavy atom. The molecule has 0 fully saturated rings. The van der Waals surface area contributed by atoms with E-state index in [4.69, 9.17) is 9.47 Å². The van der Waals surface area contributed by atoms with E-state index in [-0.39, 0.29) is 5.69 Å². The third kappa shape index (κ3) is 7.27. The Labute approximate surface area is 195 Å². The summed E-state index contributed by atoms with van der Waals surface area (Å²) in [6, 6.07) is 18.0. The quantitative estimate of drug-likeness (QED) is 0.173. The monoisotopic (exact) mass is 463 g/mol. The number of benzene rings is 3. The van der Waals surface area contributed by atoms with Gasteiger partial charge in [0, 0.05) is 5.69 Å². The summed E-state index contributed by atoms with van der Waals surface area (Å²) in [5.41, 5.74) is 3.35. The van der Waals surface area contributed by atoms with Crippen LogP contribution in [0.4, 0.5) is 10.1 Å². The van der Waals surface area contributed by atoms with E-state index in [2.05, 4.69) is 15.8 Å². The highest BCUT2D eigenvalue weighted by atomic mass is 19.1. The van der Waals surface area contributed by atoms with Crippen molar-refractivity contribution >= 4 is 29.7 Å². The fourth-order valence-corrected chi connectivity index (χ4v) is 2.63. The van der Waals surface area contributed by atoms with Gasteiger partial charge in [0.2, 0.25) is 0 Å². The van der Waals surface area contributed by atoms with Crippen molar-refractivity contribution in [3.8, 4) is 11.5 Å². The normalized spacial score (nSPS) is 10.5. The molecule has 9 heteroatoms. The molecular formula is C25H22FN3O5. The Hall–Kier alpha value is -4.53. The largest absolute Gasteiger partial charge is 0.494 e. The molecule has 0 aromatic heterocycles. The van der Waals surface area contributed by atoms with Crippen molar-refractivity contribution in [1.29, 1.82) is 0 Å². The second-order valence-electron chi connectivity index (χ2n) is 6.99. The van der Waals surface area contributed by atoms with Crippen molar-refractivity contribution < 1.29 is 28.2 Å². The number of amides is 2. The molecule has 0 heterocycles. The smallest absolute Gasteiger partial charge is 0.343 e. The lowest BCUT2D eigenvalue weighted by Gasteiger charge is -2.07. The predicted octanol–water partition coefficient (Wildman–Crippen LogP) is 3.92. The van der Waals surface area contributed by atoms with Crippen LogP contribution in [0.5, 0.6) is 11.5 Å². The molecule has 0 aliphatic carbocycles. The highest BCUT2D eigenvalue weighted by Crippen LogP contribution is 2.16. The summed E-state index contributed by atoms with van der Waals surface area (Å²) in [4.78, 5) is 35.9. The fourth-order valence-electron chi connectivity index (χ4n) is 2.63. The second kappa shape index (κ2) is 11.9. The molecule has 0 aliphatic rings. The van der Waals surface area contributed by atoms with Crippen LogP contribution >= 0.6 is 0 Å². The van der Waals surface area contributed by atoms with Gasteiger partial charge in [-0.05, 0) is 84.8 Å². The maximum absolute atomic E-state index is 12.9. The van der Waals surface area contributed by atoms with Crippen LogP contribution < -0.4 is 20.2 Å². The Balaban J connectivity index is 1.48. The summed E-state index contributed by atoms with van der Waals surface area (Å²) in [6.07, 6.45) is 2.22. The van der Waals surface area contributed by atoms with Crippen molar-refractivity contribution in [2.24, 2.45) is 5.10 Å². The SMILES string of the molecule is CCCOc1ccc(C(=O)Oc2ccc(/C=N/NC(=O)C(=O)Nc3ccc(F)cc3)cc2)cc1. The lowest BCUT2D eigenvalue weighted by molar-refractivity contribution is -0.136. The topological polar surface area (TPSA) is 106 Å². The molecule has 0 bridgehead atoms. The molecule has 2 N–H and O–H groups in total. The van der Waals surface area contributed by atoms with Gasteiger partial charge in [-0.15, -0.1) is 0 Å². The van der Waals surface area contributed by atoms with E-state index in [9.17, 15) is 18.8 Å². The first kappa shape index (κ1) is 24.1. The van der Waals surface area contributed by atoms with Gasteiger partial charge >= 0.3 is 17.8 Å². The van der Waals surface area contributed by atoms with Crippen LogP contribution in [0.3, 0.4) is 0 Å². The lowest BCUT2D eigenvalue weighted by atomic mass is 10.2. The molecule has 3 aromatic carbocycles. The molecule has 0 radical (unpaired) electrons. The van der Waals surface area contributed by atoms with Crippen LogP contribution in [0.25, 0.3) is 0 Å². The minimum atomic E-state index is -0.989. The molecule has 2 amide bonds.